The van der Waals surface area contributed by atoms with Gasteiger partial charge in [-0.05, 0) is 31.4 Å². The molecule has 0 N–H and O–H groups in total. The van der Waals surface area contributed by atoms with E-state index in [1.807, 2.05) is 30.3 Å². The van der Waals surface area contributed by atoms with Crippen molar-refractivity contribution in [2.45, 2.75) is 25.4 Å². The van der Waals surface area contributed by atoms with Crippen molar-refractivity contribution in [3.05, 3.63) is 30.3 Å². The fraction of sp³-hybridized carbons (Fsp3) is 0.533. The smallest absolute Gasteiger partial charge is 0.191 e. The molecule has 3 rings (SSSR count). The maximum atomic E-state index is 5.79. The minimum atomic E-state index is 0.398. The van der Waals surface area contributed by atoms with Gasteiger partial charge in [0.25, 0.3) is 0 Å². The first-order chi connectivity index (χ1) is 9.93. The molecule has 108 valence electrons. The molecular formula is C15H21N3O2. The van der Waals surface area contributed by atoms with Crippen LogP contribution >= 0.6 is 0 Å². The fourth-order valence-corrected chi connectivity index (χ4v) is 2.80. The van der Waals surface area contributed by atoms with E-state index in [1.54, 1.807) is 6.34 Å². The summed E-state index contributed by atoms with van der Waals surface area (Å²) < 4.78 is 5.79. The Bertz CT molecular complexity index is 438. The zero-order valence-corrected chi connectivity index (χ0v) is 11.6. The molecule has 0 radical (unpaired) electrons. The van der Waals surface area contributed by atoms with E-state index < -0.39 is 0 Å². The highest BCUT2D eigenvalue weighted by atomic mass is 16.6. The normalized spacial score (nSPS) is 22.8. The van der Waals surface area contributed by atoms with Gasteiger partial charge in [0, 0.05) is 13.1 Å². The molecule has 1 atom stereocenters. The van der Waals surface area contributed by atoms with Gasteiger partial charge in [-0.1, -0.05) is 23.4 Å². The Balaban J connectivity index is 1.50. The van der Waals surface area contributed by atoms with Gasteiger partial charge in [0.05, 0.1) is 6.17 Å². The van der Waals surface area contributed by atoms with Crippen LogP contribution in [0.1, 0.15) is 19.3 Å². The Hall–Kier alpha value is -1.75. The molecule has 0 amide bonds. The van der Waals surface area contributed by atoms with Crippen LogP contribution in [0.3, 0.4) is 0 Å². The molecule has 2 aliphatic rings. The van der Waals surface area contributed by atoms with Gasteiger partial charge in [0.2, 0.25) is 0 Å². The van der Waals surface area contributed by atoms with Crippen LogP contribution in [0.15, 0.2) is 35.5 Å². The zero-order valence-electron chi connectivity index (χ0n) is 11.6. The third-order valence-electron chi connectivity index (χ3n) is 3.83. The minimum absolute atomic E-state index is 0.398. The molecule has 0 aromatic heterocycles. The van der Waals surface area contributed by atoms with Gasteiger partial charge in [-0.15, -0.1) is 0 Å². The molecule has 2 heterocycles. The van der Waals surface area contributed by atoms with Crippen LogP contribution < -0.4 is 4.74 Å². The zero-order chi connectivity index (χ0) is 13.6. The number of nitrogens with zero attached hydrogens (tertiary/aromatic N) is 3. The van der Waals surface area contributed by atoms with Crippen molar-refractivity contribution in [2.75, 3.05) is 26.4 Å². The summed E-state index contributed by atoms with van der Waals surface area (Å²) in [6.07, 6.45) is 5.90. The summed E-state index contributed by atoms with van der Waals surface area (Å²) in [6, 6.07) is 9.98. The lowest BCUT2D eigenvalue weighted by Crippen LogP contribution is -2.51. The van der Waals surface area contributed by atoms with Gasteiger partial charge in [0.15, 0.2) is 6.73 Å². The van der Waals surface area contributed by atoms with Crippen molar-refractivity contribution in [1.82, 2.24) is 9.80 Å². The molecule has 1 aromatic carbocycles. The second kappa shape index (κ2) is 6.61. The molecule has 0 bridgehead atoms. The molecule has 1 unspecified atom stereocenters. The molecule has 5 heteroatoms. The minimum Gasteiger partial charge on any atom is -0.492 e. The third kappa shape index (κ3) is 3.22. The summed E-state index contributed by atoms with van der Waals surface area (Å²) in [5.41, 5.74) is 0. The van der Waals surface area contributed by atoms with Crippen LogP contribution in [0, 0.1) is 0 Å². The van der Waals surface area contributed by atoms with Gasteiger partial charge in [0.1, 0.15) is 18.7 Å². The third-order valence-corrected chi connectivity index (χ3v) is 3.83. The Labute approximate surface area is 119 Å². The highest BCUT2D eigenvalue weighted by Crippen LogP contribution is 2.20. The van der Waals surface area contributed by atoms with Gasteiger partial charge < -0.3 is 14.5 Å². The topological polar surface area (TPSA) is 37.3 Å². The van der Waals surface area contributed by atoms with Crippen molar-refractivity contribution in [3.63, 3.8) is 0 Å². The first-order valence-corrected chi connectivity index (χ1v) is 7.26. The molecule has 1 aromatic rings. The summed E-state index contributed by atoms with van der Waals surface area (Å²) >= 11 is 0. The number of hydrogen-bond donors (Lipinski definition) is 0. The van der Waals surface area contributed by atoms with E-state index in [2.05, 4.69) is 15.0 Å². The largest absolute Gasteiger partial charge is 0.492 e. The number of likely N-dealkylation sites (tertiary alicyclic amines) is 1. The Morgan fingerprint density at radius 3 is 2.95 bits per heavy atom. The molecular weight excluding hydrogens is 254 g/mol. The average molecular weight is 275 g/mol. The average Bonchev–Trinajstić information content (AvgIpc) is 3.03. The van der Waals surface area contributed by atoms with Crippen molar-refractivity contribution in [2.24, 2.45) is 5.16 Å². The summed E-state index contributed by atoms with van der Waals surface area (Å²) in [5, 5.41) is 3.85. The summed E-state index contributed by atoms with van der Waals surface area (Å²) in [4.78, 5) is 9.70. The van der Waals surface area contributed by atoms with Gasteiger partial charge in [-0.2, -0.15) is 0 Å². The van der Waals surface area contributed by atoms with E-state index >= 15 is 0 Å². The number of piperidine rings is 1. The van der Waals surface area contributed by atoms with E-state index in [1.165, 1.54) is 19.3 Å². The number of ether oxygens (including phenoxy) is 1. The number of benzene rings is 1. The number of rotatable bonds is 5. The molecule has 0 saturated carbocycles. The van der Waals surface area contributed by atoms with Gasteiger partial charge in [-0.3, -0.25) is 4.90 Å². The van der Waals surface area contributed by atoms with E-state index in [0.29, 0.717) is 19.5 Å². The van der Waals surface area contributed by atoms with E-state index in [0.717, 1.165) is 18.8 Å². The molecule has 5 nitrogen and oxygen atoms in total. The molecule has 1 fully saturated rings. The second-order valence-electron chi connectivity index (χ2n) is 5.17. The number of para-hydroxylation sites is 1. The monoisotopic (exact) mass is 275 g/mol. The van der Waals surface area contributed by atoms with E-state index in [9.17, 15) is 0 Å². The van der Waals surface area contributed by atoms with Crippen molar-refractivity contribution < 1.29 is 9.57 Å². The van der Waals surface area contributed by atoms with Crippen LogP contribution in [0.25, 0.3) is 0 Å². The number of hydrogen-bond acceptors (Lipinski definition) is 5. The standard InChI is InChI=1S/C15H21N3O2/c1-2-6-14(7-3-1)19-11-10-17-9-5-4-8-15(17)18-12-16-20-13-18/h1-3,6-7,12,15H,4-5,8-11,13H2. The summed E-state index contributed by atoms with van der Waals surface area (Å²) in [6.45, 7) is 3.34. The van der Waals surface area contributed by atoms with Gasteiger partial charge in [-0.25, -0.2) is 0 Å². The first kappa shape index (κ1) is 13.2. The van der Waals surface area contributed by atoms with Crippen LogP contribution in [-0.2, 0) is 4.84 Å². The SMILES string of the molecule is C1=NOCN1C1CCCCN1CCOc1ccccc1. The molecule has 0 spiro atoms. The van der Waals surface area contributed by atoms with Gasteiger partial charge >= 0.3 is 0 Å². The van der Waals surface area contributed by atoms with Crippen molar-refractivity contribution >= 4 is 6.34 Å². The molecule has 20 heavy (non-hydrogen) atoms. The fourth-order valence-electron chi connectivity index (χ4n) is 2.80. The van der Waals surface area contributed by atoms with E-state index in [4.69, 9.17) is 9.57 Å². The van der Waals surface area contributed by atoms with Crippen LogP contribution in [0.4, 0.5) is 0 Å². The maximum Gasteiger partial charge on any atom is 0.191 e. The lowest BCUT2D eigenvalue weighted by Gasteiger charge is -2.39. The van der Waals surface area contributed by atoms with Crippen LogP contribution in [0.2, 0.25) is 0 Å². The lowest BCUT2D eigenvalue weighted by atomic mass is 10.1. The summed E-state index contributed by atoms with van der Waals surface area (Å²) in [5.74, 6) is 0.937. The van der Waals surface area contributed by atoms with Crippen molar-refractivity contribution in [3.8, 4) is 5.75 Å². The van der Waals surface area contributed by atoms with Crippen LogP contribution in [-0.4, -0.2) is 48.7 Å². The summed E-state index contributed by atoms with van der Waals surface area (Å²) in [7, 11) is 0. The molecule has 1 saturated heterocycles. The Kier molecular flexibility index (Phi) is 4.38. The molecule has 0 aliphatic carbocycles. The van der Waals surface area contributed by atoms with E-state index in [-0.39, 0.29) is 0 Å². The Morgan fingerprint density at radius 2 is 2.15 bits per heavy atom. The lowest BCUT2D eigenvalue weighted by molar-refractivity contribution is 0.00383. The highest BCUT2D eigenvalue weighted by Gasteiger charge is 2.28. The van der Waals surface area contributed by atoms with Crippen LogP contribution in [0.5, 0.6) is 5.75 Å². The predicted molar refractivity (Wildman–Crippen MR) is 77.4 cm³/mol. The quantitative estimate of drug-likeness (QED) is 0.825. The molecule has 2 aliphatic heterocycles. The maximum absolute atomic E-state index is 5.79. The first-order valence-electron chi connectivity index (χ1n) is 7.26. The second-order valence-corrected chi connectivity index (χ2v) is 5.17. The Morgan fingerprint density at radius 1 is 1.25 bits per heavy atom. The number of oxime groups is 1. The predicted octanol–water partition coefficient (Wildman–Crippen LogP) is 2.11. The van der Waals surface area contributed by atoms with Crippen molar-refractivity contribution in [1.29, 1.82) is 0 Å². The highest BCUT2D eigenvalue weighted by molar-refractivity contribution is 5.55.